The molecule has 0 bridgehead atoms. The highest BCUT2D eigenvalue weighted by Gasteiger charge is 2.36. The number of aliphatic hydroxyl groups is 1. The molecule has 1 N–H and O–H groups in total. The molecule has 2 fully saturated rings. The third-order valence-corrected chi connectivity index (χ3v) is 5.07. The topological polar surface area (TPSA) is 49.8 Å². The first kappa shape index (κ1) is 15.5. The maximum atomic E-state index is 12.5. The van der Waals surface area contributed by atoms with Crippen LogP contribution in [-0.2, 0) is 9.53 Å². The summed E-state index contributed by atoms with van der Waals surface area (Å²) in [4.78, 5) is 14.4. The maximum absolute atomic E-state index is 12.5. The van der Waals surface area contributed by atoms with Crippen molar-refractivity contribution < 1.29 is 14.6 Å². The fraction of sp³-hybridized carbons (Fsp3) is 0.611. The second-order valence-electron chi connectivity index (χ2n) is 6.58. The van der Waals surface area contributed by atoms with E-state index >= 15 is 0 Å². The molecule has 1 amide bonds. The quantitative estimate of drug-likeness (QED) is 0.933. The molecule has 2 heterocycles. The minimum absolute atomic E-state index is 0.137. The number of carbonyl (C=O) groups is 1. The van der Waals surface area contributed by atoms with E-state index in [0.29, 0.717) is 12.5 Å². The number of ether oxygens (including phenoxy) is 1. The van der Waals surface area contributed by atoms with Crippen LogP contribution in [0.25, 0.3) is 0 Å². The van der Waals surface area contributed by atoms with Crippen LogP contribution < -0.4 is 0 Å². The van der Waals surface area contributed by atoms with Gasteiger partial charge in [0, 0.05) is 19.7 Å². The lowest BCUT2D eigenvalue weighted by Gasteiger charge is -2.35. The molecule has 0 radical (unpaired) electrons. The minimum atomic E-state index is -0.430. The standard InChI is InChI=1S/C18H25NO3/c1-13-9-12-22-17(13)18(21)19-10-7-15(8-11-19)16(20)14-5-3-2-4-6-14/h2-6,13,15-17,20H,7-12H2,1H3. The van der Waals surface area contributed by atoms with Crippen molar-refractivity contribution in [1.82, 2.24) is 4.90 Å². The van der Waals surface area contributed by atoms with Crippen LogP contribution in [0, 0.1) is 11.8 Å². The molecule has 1 aromatic rings. The number of rotatable bonds is 3. The molecule has 120 valence electrons. The predicted molar refractivity (Wildman–Crippen MR) is 84.2 cm³/mol. The van der Waals surface area contributed by atoms with Crippen LogP contribution in [0.3, 0.4) is 0 Å². The lowest BCUT2D eigenvalue weighted by atomic mass is 9.87. The summed E-state index contributed by atoms with van der Waals surface area (Å²) in [5.74, 6) is 0.686. The number of benzene rings is 1. The van der Waals surface area contributed by atoms with Gasteiger partial charge in [0.05, 0.1) is 6.10 Å². The van der Waals surface area contributed by atoms with Gasteiger partial charge in [0.25, 0.3) is 5.91 Å². The number of amides is 1. The molecule has 3 rings (SSSR count). The number of hydrogen-bond acceptors (Lipinski definition) is 3. The third kappa shape index (κ3) is 3.18. The summed E-state index contributed by atoms with van der Waals surface area (Å²) in [5, 5.41) is 10.5. The molecule has 0 aliphatic carbocycles. The molecule has 3 unspecified atom stereocenters. The SMILES string of the molecule is CC1CCOC1C(=O)N1CCC(C(O)c2ccccc2)CC1. The Hall–Kier alpha value is -1.39. The van der Waals surface area contributed by atoms with Gasteiger partial charge in [-0.05, 0) is 36.7 Å². The Bertz CT molecular complexity index is 496. The zero-order valence-corrected chi connectivity index (χ0v) is 13.1. The van der Waals surface area contributed by atoms with Gasteiger partial charge in [-0.3, -0.25) is 4.79 Å². The van der Waals surface area contributed by atoms with Gasteiger partial charge in [0.2, 0.25) is 0 Å². The molecule has 2 aliphatic rings. The van der Waals surface area contributed by atoms with Gasteiger partial charge in [-0.15, -0.1) is 0 Å². The molecule has 0 spiro atoms. The van der Waals surface area contributed by atoms with Gasteiger partial charge in [-0.1, -0.05) is 37.3 Å². The van der Waals surface area contributed by atoms with Gasteiger partial charge in [-0.25, -0.2) is 0 Å². The van der Waals surface area contributed by atoms with E-state index in [-0.39, 0.29) is 17.9 Å². The summed E-state index contributed by atoms with van der Waals surface area (Å²) >= 11 is 0. The fourth-order valence-corrected chi connectivity index (χ4v) is 3.55. The van der Waals surface area contributed by atoms with Gasteiger partial charge in [0.15, 0.2) is 0 Å². The highest BCUT2D eigenvalue weighted by molar-refractivity contribution is 5.81. The largest absolute Gasteiger partial charge is 0.388 e. The summed E-state index contributed by atoms with van der Waals surface area (Å²) in [5.41, 5.74) is 0.972. The second-order valence-corrected chi connectivity index (χ2v) is 6.58. The molecule has 2 aliphatic heterocycles. The summed E-state index contributed by atoms with van der Waals surface area (Å²) < 4.78 is 5.58. The normalized spacial score (nSPS) is 27.8. The Balaban J connectivity index is 1.55. The van der Waals surface area contributed by atoms with Crippen molar-refractivity contribution in [2.24, 2.45) is 11.8 Å². The smallest absolute Gasteiger partial charge is 0.251 e. The highest BCUT2D eigenvalue weighted by atomic mass is 16.5. The third-order valence-electron chi connectivity index (χ3n) is 5.07. The van der Waals surface area contributed by atoms with Crippen molar-refractivity contribution in [2.45, 2.75) is 38.4 Å². The van der Waals surface area contributed by atoms with Crippen molar-refractivity contribution in [3.05, 3.63) is 35.9 Å². The Morgan fingerprint density at radius 3 is 2.50 bits per heavy atom. The van der Waals surface area contributed by atoms with Crippen molar-refractivity contribution in [3.63, 3.8) is 0 Å². The van der Waals surface area contributed by atoms with Crippen LogP contribution in [0.5, 0.6) is 0 Å². The van der Waals surface area contributed by atoms with Crippen molar-refractivity contribution in [3.8, 4) is 0 Å². The van der Waals surface area contributed by atoms with Crippen molar-refractivity contribution in [2.75, 3.05) is 19.7 Å². The minimum Gasteiger partial charge on any atom is -0.388 e. The van der Waals surface area contributed by atoms with E-state index in [1.165, 1.54) is 0 Å². The van der Waals surface area contributed by atoms with E-state index in [1.54, 1.807) is 0 Å². The Morgan fingerprint density at radius 1 is 1.23 bits per heavy atom. The number of aliphatic hydroxyl groups excluding tert-OH is 1. The molecule has 3 atom stereocenters. The van der Waals surface area contributed by atoms with Gasteiger partial charge in [0.1, 0.15) is 6.10 Å². The first-order chi connectivity index (χ1) is 10.7. The number of carbonyl (C=O) groups excluding carboxylic acids is 1. The molecule has 0 saturated carbocycles. The number of nitrogens with zero attached hydrogens (tertiary/aromatic N) is 1. The van der Waals surface area contributed by atoms with Crippen LogP contribution in [-0.4, -0.2) is 41.7 Å². The van der Waals surface area contributed by atoms with Crippen LogP contribution >= 0.6 is 0 Å². The zero-order chi connectivity index (χ0) is 15.5. The summed E-state index contributed by atoms with van der Waals surface area (Å²) in [6, 6.07) is 9.80. The number of piperidine rings is 1. The molecular weight excluding hydrogens is 278 g/mol. The fourth-order valence-electron chi connectivity index (χ4n) is 3.55. The average Bonchev–Trinajstić information content (AvgIpc) is 3.00. The van der Waals surface area contributed by atoms with Crippen molar-refractivity contribution in [1.29, 1.82) is 0 Å². The van der Waals surface area contributed by atoms with Gasteiger partial charge < -0.3 is 14.7 Å². The monoisotopic (exact) mass is 303 g/mol. The molecule has 4 heteroatoms. The average molecular weight is 303 g/mol. The predicted octanol–water partition coefficient (Wildman–Crippen LogP) is 2.38. The van der Waals surface area contributed by atoms with Crippen LogP contribution in [0.15, 0.2) is 30.3 Å². The molecular formula is C18H25NO3. The molecule has 0 aromatic heterocycles. The van der Waals surface area contributed by atoms with E-state index in [4.69, 9.17) is 4.74 Å². The number of hydrogen-bond donors (Lipinski definition) is 1. The van der Waals surface area contributed by atoms with Crippen molar-refractivity contribution >= 4 is 5.91 Å². The Kier molecular flexibility index (Phi) is 4.79. The molecule has 4 nitrogen and oxygen atoms in total. The van der Waals surface area contributed by atoms with E-state index < -0.39 is 6.10 Å². The summed E-state index contributed by atoms with van der Waals surface area (Å²) in [6.07, 6.45) is 1.99. The van der Waals surface area contributed by atoms with Gasteiger partial charge >= 0.3 is 0 Å². The highest BCUT2D eigenvalue weighted by Crippen LogP contribution is 2.31. The Labute approximate surface area is 132 Å². The van der Waals surface area contributed by atoms with Crippen LogP contribution in [0.4, 0.5) is 0 Å². The first-order valence-corrected chi connectivity index (χ1v) is 8.30. The molecule has 1 aromatic carbocycles. The molecule has 2 saturated heterocycles. The first-order valence-electron chi connectivity index (χ1n) is 8.30. The number of likely N-dealkylation sites (tertiary alicyclic amines) is 1. The lowest BCUT2D eigenvalue weighted by Crippen LogP contribution is -2.45. The van der Waals surface area contributed by atoms with E-state index in [9.17, 15) is 9.90 Å². The Morgan fingerprint density at radius 2 is 1.91 bits per heavy atom. The second kappa shape index (κ2) is 6.80. The lowest BCUT2D eigenvalue weighted by molar-refractivity contribution is -0.144. The van der Waals surface area contributed by atoms with E-state index in [0.717, 1.165) is 37.9 Å². The van der Waals surface area contributed by atoms with Gasteiger partial charge in [-0.2, -0.15) is 0 Å². The maximum Gasteiger partial charge on any atom is 0.251 e. The van der Waals surface area contributed by atoms with Crippen LogP contribution in [0.1, 0.15) is 37.9 Å². The van der Waals surface area contributed by atoms with E-state index in [2.05, 4.69) is 6.92 Å². The van der Waals surface area contributed by atoms with E-state index in [1.807, 2.05) is 35.2 Å². The molecule has 22 heavy (non-hydrogen) atoms. The summed E-state index contributed by atoms with van der Waals surface area (Å²) in [6.45, 7) is 4.22. The summed E-state index contributed by atoms with van der Waals surface area (Å²) in [7, 11) is 0. The zero-order valence-electron chi connectivity index (χ0n) is 13.1. The van der Waals surface area contributed by atoms with Crippen LogP contribution in [0.2, 0.25) is 0 Å².